The van der Waals surface area contributed by atoms with Gasteiger partial charge in [-0.15, -0.1) is 0 Å². The smallest absolute Gasteiger partial charge is 0.196 e. The fraction of sp³-hybridized carbons (Fsp3) is 0.312. The van der Waals surface area contributed by atoms with Crippen molar-refractivity contribution in [2.75, 3.05) is 0 Å². The molecule has 0 unspecified atom stereocenters. The number of ketones is 1. The third kappa shape index (κ3) is 3.05. The van der Waals surface area contributed by atoms with Crippen molar-refractivity contribution < 1.29 is 13.9 Å². The molecule has 0 saturated carbocycles. The Bertz CT molecular complexity index is 550. The van der Waals surface area contributed by atoms with Crippen LogP contribution in [0, 0.1) is 0 Å². The van der Waals surface area contributed by atoms with Gasteiger partial charge in [0.25, 0.3) is 0 Å². The minimum absolute atomic E-state index is 0.0123. The second-order valence-electron chi connectivity index (χ2n) is 4.63. The van der Waals surface area contributed by atoms with Gasteiger partial charge in [0.1, 0.15) is 11.5 Å². The second-order valence-corrected chi connectivity index (χ2v) is 4.63. The molecule has 0 saturated heterocycles. The zero-order valence-corrected chi connectivity index (χ0v) is 11.5. The Kier molecular flexibility index (Phi) is 4.05. The van der Waals surface area contributed by atoms with E-state index in [1.54, 1.807) is 24.5 Å². The molecular formula is C16H18O3. The number of aryl methyl sites for hydroxylation is 1. The van der Waals surface area contributed by atoms with E-state index < -0.39 is 0 Å². The zero-order chi connectivity index (χ0) is 13.8. The molecule has 100 valence electrons. The van der Waals surface area contributed by atoms with Crippen LogP contribution in [0.25, 0.3) is 0 Å². The standard InChI is InChI=1S/C16H18O3/c1-4-15-14(9-10-18-15)16(17)12-5-7-13(8-6-12)19-11(2)3/h5-11H,4H2,1-3H3. The maximum Gasteiger partial charge on any atom is 0.196 e. The average Bonchev–Trinajstić information content (AvgIpc) is 2.86. The van der Waals surface area contributed by atoms with Crippen molar-refractivity contribution in [2.24, 2.45) is 0 Å². The summed E-state index contributed by atoms with van der Waals surface area (Å²) in [5.41, 5.74) is 1.28. The molecular weight excluding hydrogens is 240 g/mol. The van der Waals surface area contributed by atoms with Crippen LogP contribution in [0.1, 0.15) is 42.5 Å². The predicted molar refractivity (Wildman–Crippen MR) is 73.7 cm³/mol. The number of hydrogen-bond donors (Lipinski definition) is 0. The van der Waals surface area contributed by atoms with Crippen molar-refractivity contribution in [2.45, 2.75) is 33.3 Å². The minimum Gasteiger partial charge on any atom is -0.491 e. The van der Waals surface area contributed by atoms with E-state index >= 15 is 0 Å². The summed E-state index contributed by atoms with van der Waals surface area (Å²) in [5, 5.41) is 0. The molecule has 2 aromatic rings. The quantitative estimate of drug-likeness (QED) is 0.764. The van der Waals surface area contributed by atoms with Crippen LogP contribution in [-0.4, -0.2) is 11.9 Å². The van der Waals surface area contributed by atoms with E-state index in [0.717, 1.165) is 11.5 Å². The van der Waals surface area contributed by atoms with E-state index in [2.05, 4.69) is 0 Å². The van der Waals surface area contributed by atoms with E-state index in [9.17, 15) is 4.79 Å². The van der Waals surface area contributed by atoms with Gasteiger partial charge in [0.05, 0.1) is 17.9 Å². The van der Waals surface area contributed by atoms with Crippen molar-refractivity contribution in [3.63, 3.8) is 0 Å². The molecule has 2 rings (SSSR count). The monoisotopic (exact) mass is 258 g/mol. The topological polar surface area (TPSA) is 39.4 Å². The Labute approximate surface area is 113 Å². The number of ether oxygens (including phenoxy) is 1. The number of benzene rings is 1. The highest BCUT2D eigenvalue weighted by Gasteiger charge is 2.15. The van der Waals surface area contributed by atoms with Crippen LogP contribution in [0.2, 0.25) is 0 Å². The van der Waals surface area contributed by atoms with Gasteiger partial charge in [0, 0.05) is 12.0 Å². The number of rotatable bonds is 5. The van der Waals surface area contributed by atoms with Gasteiger partial charge in [-0.3, -0.25) is 4.79 Å². The molecule has 1 heterocycles. The number of hydrogen-bond acceptors (Lipinski definition) is 3. The van der Waals surface area contributed by atoms with Gasteiger partial charge in [-0.05, 0) is 44.2 Å². The summed E-state index contributed by atoms with van der Waals surface area (Å²) in [6.07, 6.45) is 2.40. The van der Waals surface area contributed by atoms with Crippen LogP contribution in [0.15, 0.2) is 41.0 Å². The lowest BCUT2D eigenvalue weighted by atomic mass is 10.0. The first-order valence-electron chi connectivity index (χ1n) is 6.49. The lowest BCUT2D eigenvalue weighted by Gasteiger charge is -2.09. The molecule has 3 nitrogen and oxygen atoms in total. The summed E-state index contributed by atoms with van der Waals surface area (Å²) in [7, 11) is 0. The summed E-state index contributed by atoms with van der Waals surface area (Å²) in [4.78, 5) is 12.3. The number of carbonyl (C=O) groups excluding carboxylic acids is 1. The minimum atomic E-state index is -0.0123. The third-order valence-electron chi connectivity index (χ3n) is 2.80. The summed E-state index contributed by atoms with van der Waals surface area (Å²) >= 11 is 0. The largest absolute Gasteiger partial charge is 0.491 e. The molecule has 19 heavy (non-hydrogen) atoms. The summed E-state index contributed by atoms with van der Waals surface area (Å²) in [6.45, 7) is 5.91. The molecule has 1 aromatic carbocycles. The highest BCUT2D eigenvalue weighted by Crippen LogP contribution is 2.19. The van der Waals surface area contributed by atoms with Crippen molar-refractivity contribution >= 4 is 5.78 Å². The molecule has 0 aliphatic heterocycles. The predicted octanol–water partition coefficient (Wildman–Crippen LogP) is 3.86. The Hall–Kier alpha value is -2.03. The fourth-order valence-corrected chi connectivity index (χ4v) is 1.93. The molecule has 0 aliphatic rings. The first kappa shape index (κ1) is 13.4. The van der Waals surface area contributed by atoms with Gasteiger partial charge in [-0.1, -0.05) is 6.92 Å². The van der Waals surface area contributed by atoms with E-state index in [1.165, 1.54) is 0 Å². The van der Waals surface area contributed by atoms with Crippen LogP contribution < -0.4 is 4.74 Å². The van der Waals surface area contributed by atoms with Crippen molar-refractivity contribution in [1.82, 2.24) is 0 Å². The first-order chi connectivity index (χ1) is 9.11. The Morgan fingerprint density at radius 3 is 2.47 bits per heavy atom. The van der Waals surface area contributed by atoms with Crippen molar-refractivity contribution in [3.8, 4) is 5.75 Å². The molecule has 3 heteroatoms. The van der Waals surface area contributed by atoms with Crippen molar-refractivity contribution in [1.29, 1.82) is 0 Å². The van der Waals surface area contributed by atoms with Gasteiger partial charge < -0.3 is 9.15 Å². The first-order valence-corrected chi connectivity index (χ1v) is 6.49. The SMILES string of the molecule is CCc1occc1C(=O)c1ccc(OC(C)C)cc1. The molecule has 0 radical (unpaired) electrons. The van der Waals surface area contributed by atoms with Crippen LogP contribution in [0.3, 0.4) is 0 Å². The second kappa shape index (κ2) is 5.74. The van der Waals surface area contributed by atoms with E-state index in [4.69, 9.17) is 9.15 Å². The van der Waals surface area contributed by atoms with E-state index in [0.29, 0.717) is 17.5 Å². The normalized spacial score (nSPS) is 10.7. The maximum absolute atomic E-state index is 12.3. The van der Waals surface area contributed by atoms with Gasteiger partial charge >= 0.3 is 0 Å². The summed E-state index contributed by atoms with van der Waals surface area (Å²) < 4.78 is 10.8. The van der Waals surface area contributed by atoms with Gasteiger partial charge in [0.15, 0.2) is 5.78 Å². The summed E-state index contributed by atoms with van der Waals surface area (Å²) in [6, 6.07) is 8.93. The number of furan rings is 1. The molecule has 1 aromatic heterocycles. The van der Waals surface area contributed by atoms with Gasteiger partial charge in [-0.25, -0.2) is 0 Å². The van der Waals surface area contributed by atoms with Gasteiger partial charge in [-0.2, -0.15) is 0 Å². The average molecular weight is 258 g/mol. The highest BCUT2D eigenvalue weighted by molar-refractivity contribution is 6.09. The number of carbonyl (C=O) groups is 1. The third-order valence-corrected chi connectivity index (χ3v) is 2.80. The fourth-order valence-electron chi connectivity index (χ4n) is 1.93. The van der Waals surface area contributed by atoms with Crippen LogP contribution in [0.5, 0.6) is 5.75 Å². The summed E-state index contributed by atoms with van der Waals surface area (Å²) in [5.74, 6) is 1.49. The lowest BCUT2D eigenvalue weighted by Crippen LogP contribution is -2.06. The van der Waals surface area contributed by atoms with E-state index in [1.807, 2.05) is 32.9 Å². The Morgan fingerprint density at radius 2 is 1.89 bits per heavy atom. The maximum atomic E-state index is 12.3. The molecule has 0 aliphatic carbocycles. The molecule has 0 N–H and O–H groups in total. The molecule has 0 fully saturated rings. The Balaban J connectivity index is 2.20. The van der Waals surface area contributed by atoms with Crippen LogP contribution in [-0.2, 0) is 6.42 Å². The molecule has 0 spiro atoms. The van der Waals surface area contributed by atoms with Crippen LogP contribution >= 0.6 is 0 Å². The molecule has 0 amide bonds. The Morgan fingerprint density at radius 1 is 1.21 bits per heavy atom. The molecule has 0 atom stereocenters. The zero-order valence-electron chi connectivity index (χ0n) is 11.5. The van der Waals surface area contributed by atoms with Crippen LogP contribution in [0.4, 0.5) is 0 Å². The lowest BCUT2D eigenvalue weighted by molar-refractivity contribution is 0.103. The molecule has 0 bridgehead atoms. The highest BCUT2D eigenvalue weighted by atomic mass is 16.5. The van der Waals surface area contributed by atoms with Gasteiger partial charge in [0.2, 0.25) is 0 Å². The van der Waals surface area contributed by atoms with E-state index in [-0.39, 0.29) is 11.9 Å². The van der Waals surface area contributed by atoms with Crippen molar-refractivity contribution in [3.05, 3.63) is 53.5 Å².